The van der Waals surface area contributed by atoms with E-state index >= 15 is 0 Å². The van der Waals surface area contributed by atoms with Gasteiger partial charge in [-0.1, -0.05) is 24.3 Å². The normalized spacial score (nSPS) is 14.8. The second-order valence-electron chi connectivity index (χ2n) is 6.57. The lowest BCUT2D eigenvalue weighted by Gasteiger charge is -2.28. The van der Waals surface area contributed by atoms with Crippen molar-refractivity contribution < 1.29 is 23.7 Å². The molecule has 31 heavy (non-hydrogen) atoms. The highest BCUT2D eigenvalue weighted by Crippen LogP contribution is 2.47. The van der Waals surface area contributed by atoms with Crippen LogP contribution in [0.5, 0.6) is 23.0 Å². The summed E-state index contributed by atoms with van der Waals surface area (Å²) in [6, 6.07) is 16.0. The number of benzene rings is 2. The lowest BCUT2D eigenvalue weighted by Crippen LogP contribution is -2.21. The topological polar surface area (TPSA) is 104 Å². The second kappa shape index (κ2) is 8.42. The van der Waals surface area contributed by atoms with Crippen molar-refractivity contribution in [2.24, 2.45) is 5.73 Å². The van der Waals surface area contributed by atoms with Crippen molar-refractivity contribution in [3.8, 4) is 29.1 Å². The molecule has 8 heteroatoms. The molecule has 0 spiro atoms. The first kappa shape index (κ1) is 20.3. The second-order valence-corrected chi connectivity index (χ2v) is 7.52. The molecule has 2 heterocycles. The molecule has 7 nitrogen and oxygen atoms in total. The Hall–Kier alpha value is -3.96. The van der Waals surface area contributed by atoms with Crippen LogP contribution in [-0.4, -0.2) is 20.2 Å². The first-order valence-corrected chi connectivity index (χ1v) is 10.1. The molecule has 1 unspecified atom stereocenters. The van der Waals surface area contributed by atoms with Crippen LogP contribution >= 0.6 is 11.3 Å². The minimum absolute atomic E-state index is 0.0217. The number of methoxy groups -OCH3 is 2. The predicted octanol–water partition coefficient (Wildman–Crippen LogP) is 4.20. The van der Waals surface area contributed by atoms with Crippen molar-refractivity contribution in [2.75, 3.05) is 14.2 Å². The highest BCUT2D eigenvalue weighted by atomic mass is 32.1. The molecule has 1 atom stereocenters. The zero-order chi connectivity index (χ0) is 22.0. The van der Waals surface area contributed by atoms with Gasteiger partial charge in [-0.2, -0.15) is 5.26 Å². The fraction of sp³-hybridized carbons (Fsp3) is 0.130. The molecule has 3 aromatic rings. The van der Waals surface area contributed by atoms with Crippen LogP contribution in [0.25, 0.3) is 0 Å². The molecule has 0 fully saturated rings. The van der Waals surface area contributed by atoms with E-state index in [0.29, 0.717) is 39.0 Å². The van der Waals surface area contributed by atoms with Gasteiger partial charge in [-0.3, -0.25) is 0 Å². The number of carbonyl (C=O) groups is 1. The van der Waals surface area contributed by atoms with Crippen molar-refractivity contribution in [1.82, 2.24) is 0 Å². The summed E-state index contributed by atoms with van der Waals surface area (Å²) in [6.45, 7) is 0. The predicted molar refractivity (Wildman–Crippen MR) is 115 cm³/mol. The first-order valence-electron chi connectivity index (χ1n) is 9.25. The molecular formula is C23H18N2O5S. The highest BCUT2D eigenvalue weighted by molar-refractivity contribution is 7.12. The molecule has 4 rings (SSSR count). The summed E-state index contributed by atoms with van der Waals surface area (Å²) in [5, 5.41) is 11.6. The Morgan fingerprint density at radius 2 is 1.97 bits per heavy atom. The summed E-state index contributed by atoms with van der Waals surface area (Å²) in [6.07, 6.45) is 0. The fourth-order valence-corrected chi connectivity index (χ4v) is 4.11. The Morgan fingerprint density at radius 1 is 1.13 bits per heavy atom. The number of esters is 1. The Kier molecular flexibility index (Phi) is 5.52. The van der Waals surface area contributed by atoms with Gasteiger partial charge in [0.15, 0.2) is 11.5 Å². The molecule has 0 radical (unpaired) electrons. The minimum atomic E-state index is -0.541. The van der Waals surface area contributed by atoms with Gasteiger partial charge in [0.25, 0.3) is 0 Å². The molecule has 0 amide bonds. The smallest absolute Gasteiger partial charge is 0.353 e. The van der Waals surface area contributed by atoms with Gasteiger partial charge in [0.1, 0.15) is 28.0 Å². The standard InChI is InChI=1S/C23H18N2O5S/c1-27-17-6-3-5-15(21(17)28-2)20-14-9-8-13(29-23(26)19-7-4-10-31-19)11-18(14)30-22(25)16(20)12-24/h3-11,20H,25H2,1-2H3. The number of hydrogen-bond acceptors (Lipinski definition) is 8. The lowest BCUT2D eigenvalue weighted by molar-refractivity contribution is 0.0739. The van der Waals surface area contributed by atoms with Crippen LogP contribution in [0.15, 0.2) is 65.4 Å². The molecule has 156 valence electrons. The number of allylic oxidation sites excluding steroid dienone is 1. The van der Waals surface area contributed by atoms with Crippen LogP contribution in [0, 0.1) is 11.3 Å². The third-order valence-corrected chi connectivity index (χ3v) is 5.72. The monoisotopic (exact) mass is 434 g/mol. The van der Waals surface area contributed by atoms with E-state index in [2.05, 4.69) is 6.07 Å². The van der Waals surface area contributed by atoms with Crippen LogP contribution in [0.2, 0.25) is 0 Å². The number of nitriles is 1. The highest BCUT2D eigenvalue weighted by Gasteiger charge is 2.33. The molecule has 1 aromatic heterocycles. The summed E-state index contributed by atoms with van der Waals surface area (Å²) in [5.74, 6) is 0.706. The van der Waals surface area contributed by atoms with Gasteiger partial charge >= 0.3 is 5.97 Å². The van der Waals surface area contributed by atoms with Crippen LogP contribution < -0.4 is 24.7 Å². The largest absolute Gasteiger partial charge is 0.493 e. The summed E-state index contributed by atoms with van der Waals surface area (Å²) in [5.41, 5.74) is 7.72. The molecule has 2 N–H and O–H groups in total. The van der Waals surface area contributed by atoms with Gasteiger partial charge in [0.05, 0.1) is 20.1 Å². The summed E-state index contributed by atoms with van der Waals surface area (Å²) in [7, 11) is 3.08. The number of hydrogen-bond donors (Lipinski definition) is 1. The first-order chi connectivity index (χ1) is 15.1. The molecule has 1 aliphatic heterocycles. The molecule has 0 saturated carbocycles. The van der Waals surface area contributed by atoms with E-state index in [1.807, 2.05) is 12.1 Å². The molecule has 0 saturated heterocycles. The maximum atomic E-state index is 12.3. The van der Waals surface area contributed by atoms with Crippen molar-refractivity contribution in [1.29, 1.82) is 5.26 Å². The average Bonchev–Trinajstić information content (AvgIpc) is 3.32. The van der Waals surface area contributed by atoms with Crippen molar-refractivity contribution in [2.45, 2.75) is 5.92 Å². The van der Waals surface area contributed by atoms with Crippen LogP contribution in [0.4, 0.5) is 0 Å². The molecule has 1 aliphatic rings. The van der Waals surface area contributed by atoms with E-state index in [9.17, 15) is 10.1 Å². The summed E-state index contributed by atoms with van der Waals surface area (Å²) >= 11 is 1.29. The third-order valence-electron chi connectivity index (χ3n) is 4.87. The molecule has 0 bridgehead atoms. The zero-order valence-corrected chi connectivity index (χ0v) is 17.6. The number of ether oxygens (including phenoxy) is 4. The van der Waals surface area contributed by atoms with Gasteiger partial charge in [0.2, 0.25) is 5.88 Å². The van der Waals surface area contributed by atoms with E-state index in [0.717, 1.165) is 0 Å². The minimum Gasteiger partial charge on any atom is -0.493 e. The van der Waals surface area contributed by atoms with Gasteiger partial charge in [-0.25, -0.2) is 4.79 Å². The number of nitrogens with two attached hydrogens (primary N) is 1. The van der Waals surface area contributed by atoms with Gasteiger partial charge in [-0.15, -0.1) is 11.3 Å². The lowest BCUT2D eigenvalue weighted by atomic mass is 9.83. The van der Waals surface area contributed by atoms with Gasteiger partial charge in [-0.05, 0) is 23.6 Å². The van der Waals surface area contributed by atoms with E-state index < -0.39 is 11.9 Å². The third kappa shape index (κ3) is 3.67. The molecule has 0 aliphatic carbocycles. The SMILES string of the molecule is COc1cccc(C2C(C#N)=C(N)Oc3cc(OC(=O)c4cccs4)ccc32)c1OC. The average molecular weight is 434 g/mol. The number of rotatable bonds is 5. The maximum Gasteiger partial charge on any atom is 0.353 e. The Labute approximate surface area is 182 Å². The molecule has 2 aromatic carbocycles. The van der Waals surface area contributed by atoms with E-state index in [1.165, 1.54) is 18.4 Å². The zero-order valence-electron chi connectivity index (χ0n) is 16.7. The number of nitrogens with zero attached hydrogens (tertiary/aromatic N) is 1. The van der Waals surface area contributed by atoms with E-state index in [4.69, 9.17) is 24.7 Å². The van der Waals surface area contributed by atoms with Crippen LogP contribution in [0.1, 0.15) is 26.7 Å². The number of fused-ring (bicyclic) bond motifs is 1. The summed E-state index contributed by atoms with van der Waals surface area (Å²) < 4.78 is 22.1. The summed E-state index contributed by atoms with van der Waals surface area (Å²) in [4.78, 5) is 12.8. The van der Waals surface area contributed by atoms with E-state index in [1.54, 1.807) is 48.9 Å². The van der Waals surface area contributed by atoms with Crippen molar-refractivity contribution in [3.05, 3.63) is 81.4 Å². The van der Waals surface area contributed by atoms with Crippen molar-refractivity contribution >= 4 is 17.3 Å². The maximum absolute atomic E-state index is 12.3. The van der Waals surface area contributed by atoms with Crippen molar-refractivity contribution in [3.63, 3.8) is 0 Å². The molecular weight excluding hydrogens is 416 g/mol. The Morgan fingerprint density at radius 3 is 2.65 bits per heavy atom. The number of para-hydroxylation sites is 1. The number of thiophene rings is 1. The van der Waals surface area contributed by atoms with Gasteiger partial charge in [0, 0.05) is 17.2 Å². The van der Waals surface area contributed by atoms with Gasteiger partial charge < -0.3 is 24.7 Å². The Balaban J connectivity index is 1.78. The fourth-order valence-electron chi connectivity index (χ4n) is 3.51. The van der Waals surface area contributed by atoms with Crippen LogP contribution in [-0.2, 0) is 0 Å². The number of carbonyl (C=O) groups excluding carboxylic acids is 1. The van der Waals surface area contributed by atoms with E-state index in [-0.39, 0.29) is 11.5 Å². The Bertz CT molecular complexity index is 1210. The quantitative estimate of drug-likeness (QED) is 0.474. The van der Waals surface area contributed by atoms with Crippen LogP contribution in [0.3, 0.4) is 0 Å².